The van der Waals surface area contributed by atoms with Gasteiger partial charge in [-0.2, -0.15) is 0 Å². The molecule has 5 rings (SSSR count). The highest BCUT2D eigenvalue weighted by Gasteiger charge is 2.31. The normalized spacial score (nSPS) is 13.2. The molecule has 1 aliphatic rings. The molecule has 7 heteroatoms. The Morgan fingerprint density at radius 1 is 0.939 bits per heavy atom. The zero-order valence-electron chi connectivity index (χ0n) is 18.3. The van der Waals surface area contributed by atoms with Gasteiger partial charge in [0, 0.05) is 19.0 Å². The topological polar surface area (TPSA) is 64.2 Å². The molecule has 0 unspecified atom stereocenters. The van der Waals surface area contributed by atoms with Crippen molar-refractivity contribution in [1.82, 2.24) is 19.7 Å². The van der Waals surface area contributed by atoms with E-state index in [4.69, 9.17) is 4.42 Å². The highest BCUT2D eigenvalue weighted by atomic mass is 32.2. The van der Waals surface area contributed by atoms with Crippen LogP contribution in [-0.2, 0) is 24.4 Å². The molecule has 1 aliphatic carbocycles. The molecule has 168 valence electrons. The van der Waals surface area contributed by atoms with Gasteiger partial charge in [0.25, 0.3) is 0 Å². The lowest BCUT2D eigenvalue weighted by Crippen LogP contribution is -2.31. The largest absolute Gasteiger partial charge is 0.467 e. The van der Waals surface area contributed by atoms with Crippen LogP contribution in [0.1, 0.15) is 41.5 Å². The fraction of sp³-hybridized carbons (Fsp3) is 0.269. The molecule has 0 aliphatic heterocycles. The molecule has 4 aromatic rings. The molecule has 1 amide bonds. The molecule has 2 aromatic heterocycles. The van der Waals surface area contributed by atoms with E-state index in [0.29, 0.717) is 31.3 Å². The van der Waals surface area contributed by atoms with Crippen LogP contribution < -0.4 is 0 Å². The van der Waals surface area contributed by atoms with Crippen molar-refractivity contribution in [3.05, 3.63) is 102 Å². The van der Waals surface area contributed by atoms with Gasteiger partial charge in [-0.25, -0.2) is 0 Å². The Morgan fingerprint density at radius 3 is 2.18 bits per heavy atom. The van der Waals surface area contributed by atoms with Crippen molar-refractivity contribution in [2.24, 2.45) is 0 Å². The maximum absolute atomic E-state index is 13.3. The van der Waals surface area contributed by atoms with Gasteiger partial charge in [0.05, 0.1) is 18.6 Å². The van der Waals surface area contributed by atoms with Crippen molar-refractivity contribution in [2.45, 2.75) is 43.6 Å². The highest BCUT2D eigenvalue weighted by molar-refractivity contribution is 7.99. The molecule has 1 fully saturated rings. The standard InChI is InChI=1S/C26H26N4O2S/c31-24(29(16-20-8-3-1-4-9-20)17-21-10-5-2-6-11-21)19-33-26-28-27-25(22-13-14-22)30(26)18-23-12-7-15-32-23/h1-12,15,22H,13-14,16-19H2. The van der Waals surface area contributed by atoms with Crippen molar-refractivity contribution < 1.29 is 9.21 Å². The summed E-state index contributed by atoms with van der Waals surface area (Å²) < 4.78 is 7.66. The monoisotopic (exact) mass is 458 g/mol. The summed E-state index contributed by atoms with van der Waals surface area (Å²) in [6.45, 7) is 1.73. The molecule has 33 heavy (non-hydrogen) atoms. The minimum absolute atomic E-state index is 0.0771. The number of aromatic nitrogens is 3. The minimum Gasteiger partial charge on any atom is -0.467 e. The van der Waals surface area contributed by atoms with Crippen molar-refractivity contribution in [2.75, 3.05) is 5.75 Å². The van der Waals surface area contributed by atoms with Gasteiger partial charge in [-0.15, -0.1) is 10.2 Å². The fourth-order valence-corrected chi connectivity index (χ4v) is 4.66. The van der Waals surface area contributed by atoms with Gasteiger partial charge in [-0.05, 0) is 36.1 Å². The van der Waals surface area contributed by atoms with E-state index in [1.54, 1.807) is 6.26 Å². The quantitative estimate of drug-likeness (QED) is 0.309. The van der Waals surface area contributed by atoms with E-state index in [1.165, 1.54) is 11.8 Å². The molecule has 1 saturated carbocycles. The smallest absolute Gasteiger partial charge is 0.233 e. The number of nitrogens with zero attached hydrogens (tertiary/aromatic N) is 4. The van der Waals surface area contributed by atoms with Crippen LogP contribution >= 0.6 is 11.8 Å². The first-order chi connectivity index (χ1) is 16.3. The van der Waals surface area contributed by atoms with E-state index in [1.807, 2.05) is 53.4 Å². The Hall–Kier alpha value is -3.32. The lowest BCUT2D eigenvalue weighted by atomic mass is 10.1. The molecule has 0 bridgehead atoms. The number of hydrogen-bond acceptors (Lipinski definition) is 5. The van der Waals surface area contributed by atoms with Gasteiger partial charge < -0.3 is 9.32 Å². The van der Waals surface area contributed by atoms with Crippen LogP contribution in [0.5, 0.6) is 0 Å². The summed E-state index contributed by atoms with van der Waals surface area (Å²) in [6, 6.07) is 24.1. The number of hydrogen-bond donors (Lipinski definition) is 0. The maximum Gasteiger partial charge on any atom is 0.233 e. The summed E-state index contributed by atoms with van der Waals surface area (Å²) in [5.41, 5.74) is 2.23. The summed E-state index contributed by atoms with van der Waals surface area (Å²) in [4.78, 5) is 15.2. The molecule has 0 radical (unpaired) electrons. The van der Waals surface area contributed by atoms with E-state index in [-0.39, 0.29) is 5.91 Å². The van der Waals surface area contributed by atoms with Crippen molar-refractivity contribution in [3.63, 3.8) is 0 Å². The number of thioether (sulfide) groups is 1. The van der Waals surface area contributed by atoms with Crippen LogP contribution in [0, 0.1) is 0 Å². The van der Waals surface area contributed by atoms with E-state index in [9.17, 15) is 4.79 Å². The lowest BCUT2D eigenvalue weighted by molar-refractivity contribution is -0.129. The summed E-state index contributed by atoms with van der Waals surface area (Å²) in [5.74, 6) is 2.70. The molecule has 0 atom stereocenters. The fourth-order valence-electron chi connectivity index (χ4n) is 3.81. The number of furan rings is 1. The van der Waals surface area contributed by atoms with Gasteiger partial charge in [-0.3, -0.25) is 9.36 Å². The van der Waals surface area contributed by atoms with Gasteiger partial charge in [0.2, 0.25) is 5.91 Å². The van der Waals surface area contributed by atoms with E-state index >= 15 is 0 Å². The van der Waals surface area contributed by atoms with Gasteiger partial charge in [0.15, 0.2) is 5.16 Å². The molecular formula is C26H26N4O2S. The average molecular weight is 459 g/mol. The maximum atomic E-state index is 13.3. The molecule has 0 spiro atoms. The van der Waals surface area contributed by atoms with E-state index in [2.05, 4.69) is 39.0 Å². The second-order valence-corrected chi connectivity index (χ2v) is 9.23. The first-order valence-electron chi connectivity index (χ1n) is 11.2. The third kappa shape index (κ3) is 5.54. The predicted molar refractivity (Wildman–Crippen MR) is 128 cm³/mol. The Kier molecular flexibility index (Phi) is 6.58. The Morgan fingerprint density at radius 2 is 1.61 bits per heavy atom. The van der Waals surface area contributed by atoms with E-state index < -0.39 is 0 Å². The lowest BCUT2D eigenvalue weighted by Gasteiger charge is -2.23. The number of amides is 1. The summed E-state index contributed by atoms with van der Waals surface area (Å²) in [6.07, 6.45) is 3.96. The molecular weight excluding hydrogens is 432 g/mol. The zero-order chi connectivity index (χ0) is 22.5. The Bertz CT molecular complexity index is 1130. The predicted octanol–water partition coefficient (Wildman–Crippen LogP) is 5.12. The summed E-state index contributed by atoms with van der Waals surface area (Å²) >= 11 is 1.45. The SMILES string of the molecule is O=C(CSc1nnc(C2CC2)n1Cc1ccco1)N(Cc1ccccc1)Cc1ccccc1. The number of carbonyl (C=O) groups is 1. The second-order valence-electron chi connectivity index (χ2n) is 8.29. The second kappa shape index (κ2) is 10.1. The summed E-state index contributed by atoms with van der Waals surface area (Å²) in [5, 5.41) is 9.63. The molecule has 2 heterocycles. The number of benzene rings is 2. The molecule has 6 nitrogen and oxygen atoms in total. The molecule has 0 saturated heterocycles. The van der Waals surface area contributed by atoms with Crippen LogP contribution in [0.2, 0.25) is 0 Å². The van der Waals surface area contributed by atoms with Crippen LogP contribution in [-0.4, -0.2) is 31.3 Å². The average Bonchev–Trinajstić information content (AvgIpc) is 3.41. The zero-order valence-corrected chi connectivity index (χ0v) is 19.2. The number of rotatable bonds is 10. The molecule has 0 N–H and O–H groups in total. The summed E-state index contributed by atoms with van der Waals surface area (Å²) in [7, 11) is 0. The highest BCUT2D eigenvalue weighted by Crippen LogP contribution is 2.40. The van der Waals surface area contributed by atoms with Crippen molar-refractivity contribution in [3.8, 4) is 0 Å². The van der Waals surface area contributed by atoms with E-state index in [0.717, 1.165) is 40.7 Å². The van der Waals surface area contributed by atoms with Crippen LogP contribution in [0.3, 0.4) is 0 Å². The van der Waals surface area contributed by atoms with Crippen LogP contribution in [0.25, 0.3) is 0 Å². The first kappa shape index (κ1) is 21.5. The van der Waals surface area contributed by atoms with Crippen LogP contribution in [0.4, 0.5) is 0 Å². The van der Waals surface area contributed by atoms with Gasteiger partial charge in [0.1, 0.15) is 11.6 Å². The van der Waals surface area contributed by atoms with Crippen LogP contribution in [0.15, 0.2) is 88.6 Å². The van der Waals surface area contributed by atoms with Crippen molar-refractivity contribution >= 4 is 17.7 Å². The van der Waals surface area contributed by atoms with Gasteiger partial charge >= 0.3 is 0 Å². The first-order valence-corrected chi connectivity index (χ1v) is 12.2. The Balaban J connectivity index is 1.31. The third-order valence-electron chi connectivity index (χ3n) is 5.69. The Labute approximate surface area is 197 Å². The van der Waals surface area contributed by atoms with Crippen molar-refractivity contribution in [1.29, 1.82) is 0 Å². The molecule has 2 aromatic carbocycles. The number of carbonyl (C=O) groups excluding carboxylic acids is 1. The van der Waals surface area contributed by atoms with Gasteiger partial charge in [-0.1, -0.05) is 72.4 Å². The minimum atomic E-state index is 0.0771. The third-order valence-corrected chi connectivity index (χ3v) is 6.64.